The molecule has 0 radical (unpaired) electrons. The van der Waals surface area contributed by atoms with Crippen molar-refractivity contribution in [1.29, 1.82) is 0 Å². The molecule has 2 atom stereocenters. The molecule has 0 heterocycles. The maximum atomic E-state index is 5.72. The first kappa shape index (κ1) is 14.0. The molecular weight excluding hydrogens is 210 g/mol. The van der Waals surface area contributed by atoms with Gasteiger partial charge >= 0.3 is 0 Å². The van der Waals surface area contributed by atoms with E-state index in [1.54, 1.807) is 0 Å². The number of rotatable bonds is 7. The van der Waals surface area contributed by atoms with Crippen molar-refractivity contribution < 1.29 is 4.74 Å². The lowest BCUT2D eigenvalue weighted by atomic mass is 9.92. The smallest absolute Gasteiger partial charge is 0.124 e. The highest BCUT2D eigenvalue weighted by atomic mass is 16.5. The van der Waals surface area contributed by atoms with Gasteiger partial charge in [-0.3, -0.25) is 0 Å². The topological polar surface area (TPSA) is 21.3 Å². The fraction of sp³-hybridized carbons (Fsp3) is 0.600. The molecule has 0 spiro atoms. The Hall–Kier alpha value is -1.02. The van der Waals surface area contributed by atoms with Crippen molar-refractivity contribution in [3.63, 3.8) is 0 Å². The molecule has 0 saturated heterocycles. The van der Waals surface area contributed by atoms with Gasteiger partial charge in [-0.05, 0) is 25.5 Å². The Labute approximate surface area is 105 Å². The van der Waals surface area contributed by atoms with E-state index in [4.69, 9.17) is 4.74 Å². The highest BCUT2D eigenvalue weighted by molar-refractivity contribution is 5.36. The molecule has 1 aromatic carbocycles. The Kier molecular flexibility index (Phi) is 6.06. The minimum atomic E-state index is 0.382. The molecule has 2 nitrogen and oxygen atoms in total. The van der Waals surface area contributed by atoms with Crippen LogP contribution >= 0.6 is 0 Å². The highest BCUT2D eigenvalue weighted by Gasteiger charge is 2.20. The van der Waals surface area contributed by atoms with Crippen LogP contribution in [0, 0.1) is 5.92 Å². The van der Waals surface area contributed by atoms with Crippen LogP contribution in [0.5, 0.6) is 5.75 Å². The molecule has 0 amide bonds. The van der Waals surface area contributed by atoms with Gasteiger partial charge in [-0.15, -0.1) is 0 Å². The molecular formula is C15H25NO. The van der Waals surface area contributed by atoms with Crippen molar-refractivity contribution in [3.8, 4) is 5.75 Å². The van der Waals surface area contributed by atoms with E-state index < -0.39 is 0 Å². The monoisotopic (exact) mass is 235 g/mol. The first-order valence-corrected chi connectivity index (χ1v) is 6.69. The van der Waals surface area contributed by atoms with Crippen LogP contribution in [0.1, 0.15) is 45.7 Å². The zero-order chi connectivity index (χ0) is 12.7. The van der Waals surface area contributed by atoms with E-state index in [1.807, 2.05) is 13.0 Å². The quantitative estimate of drug-likeness (QED) is 0.776. The lowest BCUT2D eigenvalue weighted by Crippen LogP contribution is -2.27. The molecule has 96 valence electrons. The van der Waals surface area contributed by atoms with E-state index in [2.05, 4.69) is 44.3 Å². The maximum absolute atomic E-state index is 5.72. The van der Waals surface area contributed by atoms with Crippen molar-refractivity contribution in [2.24, 2.45) is 5.92 Å². The van der Waals surface area contributed by atoms with E-state index in [0.29, 0.717) is 12.0 Å². The van der Waals surface area contributed by atoms with Crippen molar-refractivity contribution in [3.05, 3.63) is 29.8 Å². The van der Waals surface area contributed by atoms with Crippen LogP contribution in [-0.4, -0.2) is 13.2 Å². The predicted octanol–water partition coefficient (Wildman–Crippen LogP) is 3.78. The van der Waals surface area contributed by atoms with Crippen LogP contribution < -0.4 is 10.1 Å². The minimum Gasteiger partial charge on any atom is -0.494 e. The zero-order valence-corrected chi connectivity index (χ0v) is 11.5. The van der Waals surface area contributed by atoms with Crippen molar-refractivity contribution in [1.82, 2.24) is 5.32 Å². The molecule has 0 aliphatic heterocycles. The van der Waals surface area contributed by atoms with E-state index in [9.17, 15) is 0 Å². The van der Waals surface area contributed by atoms with E-state index in [0.717, 1.165) is 25.3 Å². The number of para-hydroxylation sites is 1. The van der Waals surface area contributed by atoms with Gasteiger partial charge in [0, 0.05) is 11.6 Å². The fourth-order valence-corrected chi connectivity index (χ4v) is 2.10. The summed E-state index contributed by atoms with van der Waals surface area (Å²) >= 11 is 0. The third-order valence-electron chi connectivity index (χ3n) is 3.19. The molecule has 2 heteroatoms. The molecule has 0 bridgehead atoms. The summed E-state index contributed by atoms with van der Waals surface area (Å²) < 4.78 is 5.72. The molecule has 1 N–H and O–H groups in total. The van der Waals surface area contributed by atoms with Crippen molar-refractivity contribution in [2.75, 3.05) is 13.2 Å². The summed E-state index contributed by atoms with van der Waals surface area (Å²) in [6.07, 6.45) is 1.16. The van der Waals surface area contributed by atoms with E-state index >= 15 is 0 Å². The van der Waals surface area contributed by atoms with E-state index in [1.165, 1.54) is 5.56 Å². The van der Waals surface area contributed by atoms with Crippen LogP contribution in [0.4, 0.5) is 0 Å². The normalized spacial score (nSPS) is 14.4. The molecule has 0 aliphatic carbocycles. The summed E-state index contributed by atoms with van der Waals surface area (Å²) in [5.74, 6) is 1.62. The summed E-state index contributed by atoms with van der Waals surface area (Å²) in [5.41, 5.74) is 1.28. The second-order valence-electron chi connectivity index (χ2n) is 4.39. The number of ether oxygens (including phenoxy) is 1. The Morgan fingerprint density at radius 2 is 1.88 bits per heavy atom. The second kappa shape index (κ2) is 7.33. The zero-order valence-electron chi connectivity index (χ0n) is 11.5. The van der Waals surface area contributed by atoms with Crippen molar-refractivity contribution in [2.45, 2.75) is 40.2 Å². The summed E-state index contributed by atoms with van der Waals surface area (Å²) in [7, 11) is 0. The first-order valence-electron chi connectivity index (χ1n) is 6.69. The predicted molar refractivity (Wildman–Crippen MR) is 73.5 cm³/mol. The summed E-state index contributed by atoms with van der Waals surface area (Å²) in [5, 5.41) is 3.57. The molecule has 0 fully saturated rings. The lowest BCUT2D eigenvalue weighted by molar-refractivity contribution is 0.317. The molecule has 1 aromatic rings. The van der Waals surface area contributed by atoms with Gasteiger partial charge in [0.25, 0.3) is 0 Å². The fourth-order valence-electron chi connectivity index (χ4n) is 2.10. The molecule has 0 aliphatic rings. The Morgan fingerprint density at radius 1 is 1.18 bits per heavy atom. The van der Waals surface area contributed by atoms with Gasteiger partial charge in [0.2, 0.25) is 0 Å². The molecule has 17 heavy (non-hydrogen) atoms. The van der Waals surface area contributed by atoms with Crippen molar-refractivity contribution >= 4 is 0 Å². The van der Waals surface area contributed by atoms with Gasteiger partial charge in [0.1, 0.15) is 5.75 Å². The second-order valence-corrected chi connectivity index (χ2v) is 4.39. The van der Waals surface area contributed by atoms with Crippen LogP contribution in [0.25, 0.3) is 0 Å². The maximum Gasteiger partial charge on any atom is 0.124 e. The average molecular weight is 235 g/mol. The number of hydrogen-bond acceptors (Lipinski definition) is 2. The number of hydrogen-bond donors (Lipinski definition) is 1. The SMILES string of the molecule is CCNC(c1ccccc1OCC)C(C)CC. The van der Waals surface area contributed by atoms with Gasteiger partial charge in [0.05, 0.1) is 6.61 Å². The largest absolute Gasteiger partial charge is 0.494 e. The molecule has 2 unspecified atom stereocenters. The summed E-state index contributed by atoms with van der Waals surface area (Å²) in [6.45, 7) is 10.4. The highest BCUT2D eigenvalue weighted by Crippen LogP contribution is 2.31. The standard InChI is InChI=1S/C15H25NO/c1-5-12(4)15(16-6-2)13-10-8-9-11-14(13)17-7-3/h8-12,15-16H,5-7H2,1-4H3. The molecule has 1 rings (SSSR count). The van der Waals surface area contributed by atoms with Gasteiger partial charge in [-0.1, -0.05) is 45.4 Å². The summed E-state index contributed by atoms with van der Waals surface area (Å²) in [6, 6.07) is 8.74. The Balaban J connectivity index is 2.99. The third kappa shape index (κ3) is 3.74. The summed E-state index contributed by atoms with van der Waals surface area (Å²) in [4.78, 5) is 0. The Morgan fingerprint density at radius 3 is 2.47 bits per heavy atom. The van der Waals surface area contributed by atoms with Crippen LogP contribution in [0.2, 0.25) is 0 Å². The third-order valence-corrected chi connectivity index (χ3v) is 3.19. The van der Waals surface area contributed by atoms with Gasteiger partial charge < -0.3 is 10.1 Å². The van der Waals surface area contributed by atoms with Crippen LogP contribution in [0.15, 0.2) is 24.3 Å². The average Bonchev–Trinajstić information content (AvgIpc) is 2.36. The van der Waals surface area contributed by atoms with Gasteiger partial charge in [-0.25, -0.2) is 0 Å². The molecule has 0 saturated carbocycles. The number of nitrogens with one attached hydrogen (secondary N) is 1. The molecule has 0 aromatic heterocycles. The van der Waals surface area contributed by atoms with Crippen LogP contribution in [0.3, 0.4) is 0 Å². The first-order chi connectivity index (χ1) is 8.24. The lowest BCUT2D eigenvalue weighted by Gasteiger charge is -2.26. The Bertz CT molecular complexity index is 324. The number of benzene rings is 1. The van der Waals surface area contributed by atoms with Gasteiger partial charge in [0.15, 0.2) is 0 Å². The van der Waals surface area contributed by atoms with Gasteiger partial charge in [-0.2, -0.15) is 0 Å². The minimum absolute atomic E-state index is 0.382. The van der Waals surface area contributed by atoms with Crippen LogP contribution in [-0.2, 0) is 0 Å². The van der Waals surface area contributed by atoms with E-state index in [-0.39, 0.29) is 0 Å².